The molecule has 0 amide bonds. The molecule has 22 rings (SSSR count). The second-order valence-corrected chi connectivity index (χ2v) is 31.6. The number of aromatic nitrogens is 4. The van der Waals surface area contributed by atoms with Gasteiger partial charge in [-0.25, -0.2) is 9.97 Å². The van der Waals surface area contributed by atoms with E-state index in [9.17, 15) is 0 Å². The second-order valence-electron chi connectivity index (χ2n) is 31.6. The van der Waals surface area contributed by atoms with Gasteiger partial charge in [-0.3, -0.25) is 9.97 Å². The standard InChI is InChI=1S/C109H77BN6/c1-67(99-65-111-106-94-25-8-5-20-88(94)89-21-6-9-26-95(89)108(106)113-99)34-35-69-36-38-70(39-37-69)75-44-46-78-62-76(45-47-77(78)61-75)71-48-53-82(54-49-71)116-103-32-16-13-28-97(103)105-85(29-17-33-104(105)116)79-52-57-91-90-22-7-10-27-96(90)109-107(98(91)63-79)112-66-100(114-109)68(2)60-80(64-110)72-40-42-73(43-41-72)83-58-59-84(87-19-4-3-18-86(83)87)74-50-55-81(56-51-74)115-101-30-14-11-23-92(101)93-24-12-15-31-102(93)115/h3-34,36-48,50-66,71,92,97,101,103H,35,49H2,1-2H3/b67-34+,68-60+,80-64+. The number of fused-ring (bicyclic) bond motifs is 20. The van der Waals surface area contributed by atoms with Crippen molar-refractivity contribution < 1.29 is 0 Å². The molecule has 17 aromatic rings. The van der Waals surface area contributed by atoms with E-state index in [-0.39, 0.29) is 23.9 Å². The van der Waals surface area contributed by atoms with Gasteiger partial charge < -0.3 is 9.80 Å². The van der Waals surface area contributed by atoms with Crippen LogP contribution in [-0.4, -0.2) is 39.9 Å². The van der Waals surface area contributed by atoms with Gasteiger partial charge in [0.25, 0.3) is 0 Å². The minimum absolute atomic E-state index is 0.136. The van der Waals surface area contributed by atoms with Crippen LogP contribution in [0.15, 0.2) is 382 Å². The molecule has 546 valence electrons. The summed E-state index contributed by atoms with van der Waals surface area (Å²) in [5.74, 6) is 2.47. The van der Waals surface area contributed by atoms with Crippen LogP contribution in [0.2, 0.25) is 0 Å². The molecule has 3 aliphatic carbocycles. The fourth-order valence-corrected chi connectivity index (χ4v) is 19.3. The van der Waals surface area contributed by atoms with Crippen LogP contribution in [0.25, 0.3) is 148 Å². The lowest BCUT2D eigenvalue weighted by atomic mass is 9.85. The first-order valence-electron chi connectivity index (χ1n) is 40.5. The number of para-hydroxylation sites is 1. The summed E-state index contributed by atoms with van der Waals surface area (Å²) in [7, 11) is 6.55. The molecule has 6 nitrogen and oxygen atoms in total. The third-order valence-corrected chi connectivity index (χ3v) is 25.1. The van der Waals surface area contributed by atoms with E-state index in [4.69, 9.17) is 27.8 Å². The van der Waals surface area contributed by atoms with Gasteiger partial charge >= 0.3 is 0 Å². The Morgan fingerprint density at radius 3 is 1.63 bits per heavy atom. The molecule has 2 aromatic heterocycles. The zero-order valence-corrected chi connectivity index (χ0v) is 64.4. The van der Waals surface area contributed by atoms with E-state index < -0.39 is 0 Å². The summed E-state index contributed by atoms with van der Waals surface area (Å²) < 4.78 is 0. The first-order chi connectivity index (χ1) is 57.3. The van der Waals surface area contributed by atoms with Gasteiger partial charge in [0, 0.05) is 62.1 Å². The zero-order chi connectivity index (χ0) is 77.1. The van der Waals surface area contributed by atoms with Gasteiger partial charge in [-0.1, -0.05) is 316 Å². The van der Waals surface area contributed by atoms with E-state index in [0.717, 1.165) is 112 Å². The summed E-state index contributed by atoms with van der Waals surface area (Å²) >= 11 is 0. The smallest absolute Gasteiger partial charge is 0.103 e. The summed E-state index contributed by atoms with van der Waals surface area (Å²) in [6.07, 6.45) is 35.5. The number of nitrogens with zero attached hydrogens (tertiary/aromatic N) is 6. The lowest BCUT2D eigenvalue weighted by Crippen LogP contribution is -2.32. The van der Waals surface area contributed by atoms with Crippen molar-refractivity contribution in [2.45, 2.75) is 56.5 Å². The van der Waals surface area contributed by atoms with Crippen LogP contribution in [0, 0.1) is 0 Å². The highest BCUT2D eigenvalue weighted by atomic mass is 15.2. The molecule has 0 spiro atoms. The van der Waals surface area contributed by atoms with Crippen LogP contribution in [0.1, 0.15) is 77.2 Å². The van der Waals surface area contributed by atoms with Crippen molar-refractivity contribution >= 4 is 128 Å². The van der Waals surface area contributed by atoms with Crippen LogP contribution in [0.3, 0.4) is 0 Å². The molecule has 0 N–H and O–H groups in total. The second kappa shape index (κ2) is 28.2. The molecular weight excluding hydrogens is 1400 g/mol. The van der Waals surface area contributed by atoms with Crippen molar-refractivity contribution in [1.29, 1.82) is 0 Å². The summed E-state index contributed by atoms with van der Waals surface area (Å²) in [6.45, 7) is 4.25. The maximum atomic E-state index is 6.55. The number of allylic oxidation sites excluding steroid dienone is 12. The van der Waals surface area contributed by atoms with Gasteiger partial charge in [0.1, 0.15) is 7.85 Å². The summed E-state index contributed by atoms with van der Waals surface area (Å²) in [4.78, 5) is 26.1. The van der Waals surface area contributed by atoms with Crippen molar-refractivity contribution in [3.8, 4) is 44.5 Å². The van der Waals surface area contributed by atoms with Crippen molar-refractivity contribution in [3.05, 3.63) is 421 Å². The van der Waals surface area contributed by atoms with Gasteiger partial charge in [0.05, 0.1) is 57.9 Å². The van der Waals surface area contributed by atoms with Gasteiger partial charge in [0.15, 0.2) is 0 Å². The highest BCUT2D eigenvalue weighted by molar-refractivity contribution is 6.25. The predicted octanol–water partition coefficient (Wildman–Crippen LogP) is 27.2. The quantitative estimate of drug-likeness (QED) is 0.0651. The highest BCUT2D eigenvalue weighted by Crippen LogP contribution is 2.53. The first kappa shape index (κ1) is 68.7. The third-order valence-electron chi connectivity index (χ3n) is 25.1. The molecule has 2 radical (unpaired) electrons. The van der Waals surface area contributed by atoms with Gasteiger partial charge in [-0.05, 0) is 201 Å². The van der Waals surface area contributed by atoms with Crippen LogP contribution >= 0.6 is 0 Å². The van der Waals surface area contributed by atoms with E-state index in [1.165, 1.54) is 111 Å². The normalized spacial score (nSPS) is 17.7. The Kier molecular flexibility index (Phi) is 16.7. The molecule has 5 unspecified atom stereocenters. The monoisotopic (exact) mass is 1480 g/mol. The maximum absolute atomic E-state index is 6.55. The van der Waals surface area contributed by atoms with Crippen LogP contribution < -0.4 is 9.80 Å². The molecule has 4 heterocycles. The van der Waals surface area contributed by atoms with Crippen LogP contribution in [-0.2, 0) is 6.42 Å². The Hall–Kier alpha value is -14.1. The van der Waals surface area contributed by atoms with Crippen molar-refractivity contribution in [1.82, 2.24) is 19.9 Å². The maximum Gasteiger partial charge on any atom is 0.103 e. The molecule has 0 fully saturated rings. The third kappa shape index (κ3) is 11.6. The zero-order valence-electron chi connectivity index (χ0n) is 64.4. The van der Waals surface area contributed by atoms with Crippen LogP contribution in [0.4, 0.5) is 17.1 Å². The Morgan fingerprint density at radius 2 is 0.957 bits per heavy atom. The molecule has 15 aromatic carbocycles. The molecule has 5 atom stereocenters. The Bertz CT molecular complexity index is 7240. The minimum atomic E-state index is 0.136. The molecule has 0 bridgehead atoms. The van der Waals surface area contributed by atoms with Gasteiger partial charge in [-0.15, -0.1) is 5.98 Å². The van der Waals surface area contributed by atoms with Crippen molar-refractivity contribution in [3.63, 3.8) is 0 Å². The van der Waals surface area contributed by atoms with E-state index in [1.54, 1.807) is 5.98 Å². The topological polar surface area (TPSA) is 58.0 Å². The SMILES string of the molecule is [B]/C=C(\C=C(/C)c1cnc2c3cc(-c4cccc5c4C4C=CC=CC4N5C4=CCC(c5ccc6cc(-c7ccc(C/C=C(\C)c8cnc9c%10ccccc%10c%10ccccc%10c9n8)cc7)ccc6c5)C=C4)ccc3c3ccccc3c2n1)c1ccc(-c2ccc(-c3ccc(N4c5ccccc5C5C=CC=CC54)cc3)c3ccccc23)cc1. The van der Waals surface area contributed by atoms with E-state index >= 15 is 0 Å². The Labute approximate surface area is 676 Å². The number of hydrogen-bond donors (Lipinski definition) is 0. The van der Waals surface area contributed by atoms with Crippen LogP contribution in [0.5, 0.6) is 0 Å². The fourth-order valence-electron chi connectivity index (χ4n) is 19.3. The van der Waals surface area contributed by atoms with Crippen molar-refractivity contribution in [2.75, 3.05) is 9.80 Å². The first-order valence-corrected chi connectivity index (χ1v) is 40.5. The molecule has 116 heavy (non-hydrogen) atoms. The lowest BCUT2D eigenvalue weighted by molar-refractivity contribution is 0.720. The number of anilines is 3. The van der Waals surface area contributed by atoms with Gasteiger partial charge in [0.2, 0.25) is 0 Å². The van der Waals surface area contributed by atoms with Gasteiger partial charge in [-0.2, -0.15) is 0 Å². The molecule has 7 heteroatoms. The molecule has 5 aliphatic rings. The largest absolute Gasteiger partial charge is 0.334 e. The van der Waals surface area contributed by atoms with E-state index in [1.807, 2.05) is 12.4 Å². The summed E-state index contributed by atoms with van der Waals surface area (Å²) in [5, 5.41) is 14.0. The summed E-state index contributed by atoms with van der Waals surface area (Å²) in [5.41, 5.74) is 29.1. The Balaban J connectivity index is 0.495. The fraction of sp³-hybridized carbons (Fsp3) is 0.0826. The number of rotatable bonds is 13. The predicted molar refractivity (Wildman–Crippen MR) is 489 cm³/mol. The lowest BCUT2D eigenvalue weighted by Gasteiger charge is -2.31. The van der Waals surface area contributed by atoms with E-state index in [0.29, 0.717) is 5.92 Å². The minimum Gasteiger partial charge on any atom is -0.334 e. The highest BCUT2D eigenvalue weighted by Gasteiger charge is 2.41. The number of benzene rings is 15. The molecule has 0 saturated heterocycles. The summed E-state index contributed by atoms with van der Waals surface area (Å²) in [6, 6.07) is 103. The average molecular weight is 1480 g/mol. The van der Waals surface area contributed by atoms with Crippen molar-refractivity contribution in [2.24, 2.45) is 0 Å². The molecule has 2 aliphatic heterocycles. The molecule has 0 saturated carbocycles. The average Bonchev–Trinajstić information content (AvgIpc) is 1.47. The van der Waals surface area contributed by atoms with E-state index in [2.05, 4.69) is 382 Å². The Morgan fingerprint density at radius 1 is 0.414 bits per heavy atom. The molecular formula is C109H77BN6. The number of hydrogen-bond acceptors (Lipinski definition) is 6.